The van der Waals surface area contributed by atoms with Crippen LogP contribution < -0.4 is 0 Å². The summed E-state index contributed by atoms with van der Waals surface area (Å²) in [5, 5.41) is 8.68. The van der Waals surface area contributed by atoms with E-state index in [1.54, 1.807) is 28.0 Å². The molecule has 0 unspecified atom stereocenters. The van der Waals surface area contributed by atoms with Crippen molar-refractivity contribution in [3.8, 4) is 0 Å². The standard InChI is InChI=1S/C12H15N.C11H14N2.C11H12O.C11H12S.C11H12Se.C9H16Si.C8H13N.C7H10O.C7H10S.C7H10Se/c1-8-5-11-7-10(3)13(4)12(11)6-9(8)2;1-7-5-10-11(6-8(7)2)13(4)9(3)12-10;3*1-7-4-10-6-9(3)12-11(10)5-8(7)2;1-7-6-8(2)10(4,5)9(7)3;1-6-5-7(2)9(4)8(6)3;3*1-5-4-6(2)8-7(5)3/h5-7H,1-4H3;5-6H,1-4H3;3*4-6H,1-3H3;6H,1-5H3;5H,1-4H3;3*4H,1-3H3. The fourth-order valence-electron chi connectivity index (χ4n) is 12.3. The van der Waals surface area contributed by atoms with Crippen molar-refractivity contribution in [2.75, 3.05) is 0 Å². The van der Waals surface area contributed by atoms with Crippen molar-refractivity contribution >= 4 is 112 Å². The van der Waals surface area contributed by atoms with Gasteiger partial charge < -0.3 is 22.5 Å². The maximum atomic E-state index is 5.50. The molecule has 0 fully saturated rings. The SMILES string of the molecule is CC1=CC(C)=C(C)[Si]1(C)C.Cc1cc(C)c(C)[se]1.Cc1cc(C)c(C)o1.Cc1cc(C)c(C)s1.Cc1cc(C)n(C)c1C.Cc1cc2cc(C)c(C)cc2[se]1.Cc1cc2cc(C)c(C)cc2o1.Cc1cc2cc(C)c(C)cc2s1.Cc1cc2cc(C)n(C)c2cc1C.Cc1cc2nc(C)n(C)c2cc1C. The number of rotatable bonds is 0. The quantitative estimate of drug-likeness (QED) is 0.142. The van der Waals surface area contributed by atoms with Crippen molar-refractivity contribution in [1.29, 1.82) is 0 Å². The zero-order chi connectivity index (χ0) is 78.7. The Bertz CT molecular complexity index is 4800. The number of nitrogens with zero attached hydrogens (tertiary/aromatic N) is 4. The first-order valence-corrected chi connectivity index (χ1v) is 44.9. The Labute approximate surface area is 653 Å². The van der Waals surface area contributed by atoms with Crippen LogP contribution in [0.3, 0.4) is 0 Å². The van der Waals surface area contributed by atoms with Crippen LogP contribution >= 0.6 is 22.7 Å². The first-order chi connectivity index (χ1) is 48.9. The molecule has 0 saturated heterocycles. The van der Waals surface area contributed by atoms with Crippen LogP contribution in [0.5, 0.6) is 0 Å². The average molecular weight is 1590 g/mol. The Morgan fingerprint density at radius 3 is 1.31 bits per heavy atom. The molecule has 105 heavy (non-hydrogen) atoms. The van der Waals surface area contributed by atoms with E-state index in [1.165, 1.54) is 152 Å². The van der Waals surface area contributed by atoms with Gasteiger partial charge in [-0.05, 0) is 312 Å². The second kappa shape index (κ2) is 37.6. The Hall–Kier alpha value is -7.17. The van der Waals surface area contributed by atoms with E-state index >= 15 is 0 Å². The molecule has 0 spiro atoms. The van der Waals surface area contributed by atoms with Gasteiger partial charge in [0.05, 0.1) is 11.0 Å². The third kappa shape index (κ3) is 23.4. The van der Waals surface area contributed by atoms with Gasteiger partial charge in [0.1, 0.15) is 36.8 Å². The van der Waals surface area contributed by atoms with E-state index < -0.39 is 8.07 Å². The number of thiophene rings is 2. The molecule has 0 aliphatic carbocycles. The summed E-state index contributed by atoms with van der Waals surface area (Å²) in [4.78, 5) is 8.74. The molecule has 6 nitrogen and oxygen atoms in total. The fourth-order valence-corrected chi connectivity index (χ4v) is 20.6. The molecule has 10 heterocycles. The van der Waals surface area contributed by atoms with Gasteiger partial charge in [0, 0.05) is 73.8 Å². The Morgan fingerprint density at radius 1 is 0.371 bits per heavy atom. The number of allylic oxidation sites excluding steroid dienone is 4. The smallest absolute Gasteiger partial charge is 0.134 e. The topological polar surface area (TPSA) is 54.0 Å². The predicted molar refractivity (Wildman–Crippen MR) is 472 cm³/mol. The third-order valence-electron chi connectivity index (χ3n) is 21.2. The first-order valence-electron chi connectivity index (χ1n) is 36.8. The van der Waals surface area contributed by atoms with Crippen LogP contribution in [0.1, 0.15) is 167 Å². The number of imidazole rings is 1. The molecule has 9 aromatic heterocycles. The van der Waals surface area contributed by atoms with E-state index in [4.69, 9.17) is 8.83 Å². The molecule has 15 rings (SSSR count). The van der Waals surface area contributed by atoms with E-state index in [-0.39, 0.29) is 0 Å². The number of aromatic nitrogens is 4. The summed E-state index contributed by atoms with van der Waals surface area (Å²) >= 11 is 5.05. The average Bonchev–Trinajstić information content (AvgIpc) is 1.68. The fraction of sp³-hybridized carbons (Fsp3) is 0.372. The second-order valence-electron chi connectivity index (χ2n) is 30.1. The normalized spacial score (nSPS) is 11.9. The number of aryl methyl sites for hydroxylation is 28. The molecule has 560 valence electrons. The summed E-state index contributed by atoms with van der Waals surface area (Å²) in [6.07, 6.45) is 2.35. The monoisotopic (exact) mass is 1590 g/mol. The molecule has 5 aromatic carbocycles. The van der Waals surface area contributed by atoms with E-state index in [0.29, 0.717) is 29.0 Å². The Kier molecular flexibility index (Phi) is 31.0. The summed E-state index contributed by atoms with van der Waals surface area (Å²) < 4.78 is 25.0. The van der Waals surface area contributed by atoms with Crippen LogP contribution in [0.4, 0.5) is 0 Å². The van der Waals surface area contributed by atoms with Gasteiger partial charge in [-0.25, -0.2) is 4.98 Å². The van der Waals surface area contributed by atoms with E-state index in [1.807, 2.05) is 63.4 Å². The maximum absolute atomic E-state index is 5.50. The van der Waals surface area contributed by atoms with Gasteiger partial charge in [-0.15, -0.1) is 22.7 Å². The van der Waals surface area contributed by atoms with Gasteiger partial charge in [-0.1, -0.05) is 41.2 Å². The molecular weight excluding hydrogens is 1470 g/mol. The Balaban J connectivity index is 0.000000184. The zero-order valence-electron chi connectivity index (χ0n) is 70.7. The minimum absolute atomic E-state index is 0.605. The van der Waals surface area contributed by atoms with Crippen molar-refractivity contribution in [3.63, 3.8) is 0 Å². The summed E-state index contributed by atoms with van der Waals surface area (Å²) in [5.41, 5.74) is 29.3. The van der Waals surface area contributed by atoms with Crippen molar-refractivity contribution < 1.29 is 8.83 Å². The first kappa shape index (κ1) is 86.7. The molecule has 0 saturated carbocycles. The zero-order valence-corrected chi connectivity index (χ0v) is 76.8. The summed E-state index contributed by atoms with van der Waals surface area (Å²) in [6.45, 7) is 69.2. The number of furan rings is 2. The van der Waals surface area contributed by atoms with E-state index in [2.05, 4.69) is 335 Å². The van der Waals surface area contributed by atoms with Gasteiger partial charge in [0.2, 0.25) is 0 Å². The van der Waals surface area contributed by atoms with Gasteiger partial charge >= 0.3 is 134 Å². The van der Waals surface area contributed by atoms with Crippen molar-refractivity contribution in [2.24, 2.45) is 21.1 Å². The van der Waals surface area contributed by atoms with Crippen LogP contribution in [0, 0.1) is 187 Å². The van der Waals surface area contributed by atoms with Crippen molar-refractivity contribution in [1.82, 2.24) is 18.7 Å². The van der Waals surface area contributed by atoms with E-state index in [9.17, 15) is 0 Å². The summed E-state index contributed by atoms with van der Waals surface area (Å²) in [6, 6.07) is 40.0. The Morgan fingerprint density at radius 2 is 0.876 bits per heavy atom. The molecule has 1 aliphatic rings. The van der Waals surface area contributed by atoms with Crippen LogP contribution in [0.2, 0.25) is 13.1 Å². The molecule has 0 N–H and O–H groups in total. The van der Waals surface area contributed by atoms with Crippen molar-refractivity contribution in [3.05, 3.63) is 277 Å². The minimum atomic E-state index is -1.07. The second-order valence-corrected chi connectivity index (χ2v) is 43.4. The molecule has 0 radical (unpaired) electrons. The predicted octanol–water partition coefficient (Wildman–Crippen LogP) is 27.2. The molecule has 1 aliphatic heterocycles. The molecule has 14 aromatic rings. The number of benzene rings is 5. The molecule has 0 amide bonds. The van der Waals surface area contributed by atoms with Crippen LogP contribution in [0.25, 0.3) is 52.6 Å². The molecule has 0 atom stereocenters. The molecule has 11 heteroatoms. The van der Waals surface area contributed by atoms with Crippen LogP contribution in [-0.4, -0.2) is 55.8 Å². The maximum Gasteiger partial charge on any atom is 0.134 e. The molecule has 0 bridgehead atoms. The number of hydrogen-bond donors (Lipinski definition) is 0. The number of hydrogen-bond acceptors (Lipinski definition) is 5. The molecular formula is C94H124N4O2S2Se2Si. The van der Waals surface area contributed by atoms with Crippen LogP contribution in [-0.2, 0) is 21.1 Å². The van der Waals surface area contributed by atoms with Gasteiger partial charge in [-0.3, -0.25) is 0 Å². The van der Waals surface area contributed by atoms with Gasteiger partial charge in [-0.2, -0.15) is 0 Å². The summed E-state index contributed by atoms with van der Waals surface area (Å²) in [7, 11) is 5.20. The third-order valence-corrected chi connectivity index (χ3v) is 32.1. The van der Waals surface area contributed by atoms with Crippen LogP contribution in [0.15, 0.2) is 140 Å². The van der Waals surface area contributed by atoms with Crippen molar-refractivity contribution in [2.45, 2.75) is 221 Å². The number of fused-ring (bicyclic) bond motifs is 5. The van der Waals surface area contributed by atoms with Gasteiger partial charge in [0.25, 0.3) is 0 Å². The summed E-state index contributed by atoms with van der Waals surface area (Å²) in [5.74, 6) is 4.08. The van der Waals surface area contributed by atoms with Gasteiger partial charge in [0.15, 0.2) is 0 Å². The largest absolute Gasteiger partial charge is 0.461 e. The van der Waals surface area contributed by atoms with E-state index in [0.717, 1.165) is 34.2 Å². The minimum Gasteiger partial charge on any atom is -0.461 e.